The molecule has 1 amide bonds. The minimum Gasteiger partial charge on any atom is -0.379 e. The molecule has 2 aliphatic rings. The number of nitrogens with zero attached hydrogens (tertiary/aromatic N) is 1. The Morgan fingerprint density at radius 1 is 1.00 bits per heavy atom. The Kier molecular flexibility index (Phi) is 6.03. The molecule has 0 aromatic heterocycles. The van der Waals surface area contributed by atoms with Crippen molar-refractivity contribution in [2.45, 2.75) is 31.8 Å². The third kappa shape index (κ3) is 4.59. The molecule has 1 heterocycles. The van der Waals surface area contributed by atoms with Gasteiger partial charge in [0.15, 0.2) is 0 Å². The Balaban J connectivity index is 1.27. The molecule has 4 rings (SSSR count). The molecule has 0 spiro atoms. The van der Waals surface area contributed by atoms with Crippen LogP contribution in [0.15, 0.2) is 48.5 Å². The average molecular weight is 382 g/mol. The summed E-state index contributed by atoms with van der Waals surface area (Å²) in [5, 5.41) is 3.07. The molecular formula is C23H27FN2O2. The van der Waals surface area contributed by atoms with Crippen molar-refractivity contribution in [1.29, 1.82) is 0 Å². The molecule has 0 radical (unpaired) electrons. The van der Waals surface area contributed by atoms with Crippen LogP contribution in [0, 0.1) is 11.7 Å². The summed E-state index contributed by atoms with van der Waals surface area (Å²) in [4.78, 5) is 15.0. The zero-order valence-corrected chi connectivity index (χ0v) is 16.1. The van der Waals surface area contributed by atoms with Gasteiger partial charge in [0.2, 0.25) is 5.91 Å². The third-order valence-corrected chi connectivity index (χ3v) is 5.91. The number of halogens is 1. The monoisotopic (exact) mass is 382 g/mol. The largest absolute Gasteiger partial charge is 0.379 e. The summed E-state index contributed by atoms with van der Waals surface area (Å²) in [6, 6.07) is 15.0. The molecule has 4 nitrogen and oxygen atoms in total. The molecule has 2 aromatic carbocycles. The number of nitrogens with one attached hydrogen (secondary N) is 1. The summed E-state index contributed by atoms with van der Waals surface area (Å²) in [7, 11) is 0. The first-order valence-electron chi connectivity index (χ1n) is 10.1. The molecule has 2 fully saturated rings. The van der Waals surface area contributed by atoms with Gasteiger partial charge in [-0.25, -0.2) is 4.39 Å². The summed E-state index contributed by atoms with van der Waals surface area (Å²) in [5.41, 5.74) is 3.45. The van der Waals surface area contributed by atoms with E-state index >= 15 is 0 Å². The molecular weight excluding hydrogens is 355 g/mol. The highest BCUT2D eigenvalue weighted by Gasteiger charge is 2.37. The van der Waals surface area contributed by atoms with E-state index in [9.17, 15) is 9.18 Å². The third-order valence-electron chi connectivity index (χ3n) is 5.91. The lowest BCUT2D eigenvalue weighted by Crippen LogP contribution is -2.39. The van der Waals surface area contributed by atoms with Crippen LogP contribution >= 0.6 is 0 Å². The lowest BCUT2D eigenvalue weighted by Gasteiger charge is -2.35. The SMILES string of the molecule is O=C(NCc1ccc(CN2CCOCC2)cc1)C1CCC1c1ccc(F)cc1. The molecule has 1 N–H and O–H groups in total. The number of carbonyl (C=O) groups is 1. The van der Waals surface area contributed by atoms with Crippen LogP contribution in [0.1, 0.15) is 35.4 Å². The predicted octanol–water partition coefficient (Wildman–Crippen LogP) is 3.47. The van der Waals surface area contributed by atoms with Crippen molar-refractivity contribution in [2.75, 3.05) is 26.3 Å². The topological polar surface area (TPSA) is 41.6 Å². The number of hydrogen-bond acceptors (Lipinski definition) is 3. The maximum Gasteiger partial charge on any atom is 0.223 e. The number of amides is 1. The first-order chi connectivity index (χ1) is 13.7. The number of benzene rings is 2. The van der Waals surface area contributed by atoms with Crippen molar-refractivity contribution in [3.05, 3.63) is 71.0 Å². The number of hydrogen-bond donors (Lipinski definition) is 1. The summed E-state index contributed by atoms with van der Waals surface area (Å²) in [6.45, 7) is 5.07. The second kappa shape index (κ2) is 8.84. The van der Waals surface area contributed by atoms with E-state index in [1.807, 2.05) is 0 Å². The molecule has 1 aliphatic carbocycles. The van der Waals surface area contributed by atoms with E-state index in [-0.39, 0.29) is 23.6 Å². The van der Waals surface area contributed by atoms with Gasteiger partial charge in [-0.2, -0.15) is 0 Å². The van der Waals surface area contributed by atoms with Crippen LogP contribution in [-0.4, -0.2) is 37.1 Å². The van der Waals surface area contributed by atoms with Crippen molar-refractivity contribution in [2.24, 2.45) is 5.92 Å². The van der Waals surface area contributed by atoms with Crippen LogP contribution in [0.2, 0.25) is 0 Å². The molecule has 0 bridgehead atoms. The van der Waals surface area contributed by atoms with Gasteiger partial charge in [-0.15, -0.1) is 0 Å². The minimum atomic E-state index is -0.235. The molecule has 2 aromatic rings. The summed E-state index contributed by atoms with van der Waals surface area (Å²) in [5.74, 6) is 0.0571. The zero-order valence-electron chi connectivity index (χ0n) is 16.1. The van der Waals surface area contributed by atoms with Crippen molar-refractivity contribution >= 4 is 5.91 Å². The molecule has 148 valence electrons. The average Bonchev–Trinajstić information content (AvgIpc) is 2.69. The second-order valence-corrected chi connectivity index (χ2v) is 7.76. The number of ether oxygens (including phenoxy) is 1. The first kappa shape index (κ1) is 19.1. The maximum absolute atomic E-state index is 13.1. The molecule has 2 unspecified atom stereocenters. The molecule has 28 heavy (non-hydrogen) atoms. The van der Waals surface area contributed by atoms with Gasteiger partial charge in [-0.05, 0) is 47.6 Å². The fraction of sp³-hybridized carbons (Fsp3) is 0.435. The van der Waals surface area contributed by atoms with Crippen molar-refractivity contribution in [1.82, 2.24) is 10.2 Å². The minimum absolute atomic E-state index is 0.00828. The summed E-state index contributed by atoms with van der Waals surface area (Å²) in [6.07, 6.45) is 1.88. The van der Waals surface area contributed by atoms with Crippen molar-refractivity contribution in [3.63, 3.8) is 0 Å². The van der Waals surface area contributed by atoms with E-state index in [0.29, 0.717) is 6.54 Å². The highest BCUT2D eigenvalue weighted by molar-refractivity contribution is 5.80. The van der Waals surface area contributed by atoms with Crippen LogP contribution in [0.4, 0.5) is 4.39 Å². The van der Waals surface area contributed by atoms with Gasteiger partial charge in [0.05, 0.1) is 13.2 Å². The number of carbonyl (C=O) groups excluding carboxylic acids is 1. The first-order valence-corrected chi connectivity index (χ1v) is 10.1. The number of morpholine rings is 1. The van der Waals surface area contributed by atoms with Gasteiger partial charge in [-0.3, -0.25) is 9.69 Å². The smallest absolute Gasteiger partial charge is 0.223 e. The van der Waals surface area contributed by atoms with Crippen LogP contribution in [0.3, 0.4) is 0 Å². The maximum atomic E-state index is 13.1. The highest BCUT2D eigenvalue weighted by Crippen LogP contribution is 2.42. The van der Waals surface area contributed by atoms with Gasteiger partial charge in [0, 0.05) is 32.1 Å². The number of rotatable bonds is 6. The van der Waals surface area contributed by atoms with Gasteiger partial charge < -0.3 is 10.1 Å². The normalized spacial score (nSPS) is 22.5. The quantitative estimate of drug-likeness (QED) is 0.832. The molecule has 1 aliphatic heterocycles. The van der Waals surface area contributed by atoms with Gasteiger partial charge >= 0.3 is 0 Å². The van der Waals surface area contributed by atoms with E-state index in [2.05, 4.69) is 34.5 Å². The lowest BCUT2D eigenvalue weighted by atomic mass is 9.69. The van der Waals surface area contributed by atoms with Crippen LogP contribution in [0.5, 0.6) is 0 Å². The molecule has 1 saturated carbocycles. The lowest BCUT2D eigenvalue weighted by molar-refractivity contribution is -0.128. The van der Waals surface area contributed by atoms with Crippen LogP contribution in [0.25, 0.3) is 0 Å². The summed E-state index contributed by atoms with van der Waals surface area (Å²) >= 11 is 0. The van der Waals surface area contributed by atoms with Crippen molar-refractivity contribution in [3.8, 4) is 0 Å². The van der Waals surface area contributed by atoms with E-state index < -0.39 is 0 Å². The highest BCUT2D eigenvalue weighted by atomic mass is 19.1. The molecule has 5 heteroatoms. The standard InChI is InChI=1S/C23H27FN2O2/c24-20-7-5-19(6-8-20)21-9-10-22(21)23(27)25-15-17-1-3-18(4-2-17)16-26-11-13-28-14-12-26/h1-8,21-22H,9-16H2,(H,25,27). The van der Waals surface area contributed by atoms with Gasteiger partial charge in [0.25, 0.3) is 0 Å². The summed E-state index contributed by atoms with van der Waals surface area (Å²) < 4.78 is 18.5. The van der Waals surface area contributed by atoms with Gasteiger partial charge in [-0.1, -0.05) is 36.4 Å². The fourth-order valence-electron chi connectivity index (χ4n) is 4.02. The molecule has 1 saturated heterocycles. The van der Waals surface area contributed by atoms with E-state index in [0.717, 1.165) is 56.8 Å². The van der Waals surface area contributed by atoms with Gasteiger partial charge in [0.1, 0.15) is 5.82 Å². The van der Waals surface area contributed by atoms with Crippen LogP contribution < -0.4 is 5.32 Å². The van der Waals surface area contributed by atoms with Crippen molar-refractivity contribution < 1.29 is 13.9 Å². The Labute approximate surface area is 165 Å². The Morgan fingerprint density at radius 2 is 1.68 bits per heavy atom. The van der Waals surface area contributed by atoms with E-state index in [1.54, 1.807) is 12.1 Å². The Hall–Kier alpha value is -2.24. The van der Waals surface area contributed by atoms with E-state index in [1.165, 1.54) is 17.7 Å². The second-order valence-electron chi connectivity index (χ2n) is 7.76. The van der Waals surface area contributed by atoms with Crippen LogP contribution in [-0.2, 0) is 22.6 Å². The molecule has 2 atom stereocenters. The Bertz CT molecular complexity index is 785. The zero-order chi connectivity index (χ0) is 19.3. The fourth-order valence-corrected chi connectivity index (χ4v) is 4.02. The van der Waals surface area contributed by atoms with E-state index in [4.69, 9.17) is 4.74 Å². The predicted molar refractivity (Wildman–Crippen MR) is 106 cm³/mol. The Morgan fingerprint density at radius 3 is 2.32 bits per heavy atom.